The number of hydrogen-bond donors (Lipinski definition) is 2. The minimum Gasteiger partial charge on any atom is -0.492 e. The molecule has 6 rings (SSSR count). The lowest BCUT2D eigenvalue weighted by Crippen LogP contribution is -2.25. The fourth-order valence-corrected chi connectivity index (χ4v) is 4.58. The van der Waals surface area contributed by atoms with Crippen LogP contribution >= 0.6 is 0 Å². The van der Waals surface area contributed by atoms with Gasteiger partial charge in [-0.05, 0) is 37.6 Å². The fourth-order valence-electron chi connectivity index (χ4n) is 4.58. The van der Waals surface area contributed by atoms with Gasteiger partial charge >= 0.3 is 0 Å². The normalized spacial score (nSPS) is 15.3. The minimum absolute atomic E-state index is 0.0755. The molecule has 35 heavy (non-hydrogen) atoms. The first-order valence-corrected chi connectivity index (χ1v) is 11.3. The number of carbonyl (C=O) groups excluding carboxylic acids is 1. The Hall–Kier alpha value is -4.54. The molecule has 0 aliphatic carbocycles. The van der Waals surface area contributed by atoms with Crippen LogP contribution in [0.4, 0.5) is 5.82 Å². The Labute approximate surface area is 200 Å². The van der Waals surface area contributed by atoms with Crippen LogP contribution in [-0.2, 0) is 11.3 Å². The second kappa shape index (κ2) is 8.35. The molecule has 1 aliphatic heterocycles. The third kappa shape index (κ3) is 3.70. The van der Waals surface area contributed by atoms with Crippen molar-refractivity contribution in [2.75, 3.05) is 11.9 Å². The van der Waals surface area contributed by atoms with Gasteiger partial charge in [-0.1, -0.05) is 12.1 Å². The number of ether oxygens (including phenoxy) is 1. The van der Waals surface area contributed by atoms with Crippen LogP contribution in [-0.4, -0.2) is 52.0 Å². The number of rotatable bonds is 6. The molecule has 1 aromatic carbocycles. The summed E-state index contributed by atoms with van der Waals surface area (Å²) in [5, 5.41) is 12.0. The van der Waals surface area contributed by atoms with Gasteiger partial charge in [-0.15, -0.1) is 0 Å². The summed E-state index contributed by atoms with van der Waals surface area (Å²) in [5.74, 6) is 1.72. The first-order valence-electron chi connectivity index (χ1n) is 11.3. The van der Waals surface area contributed by atoms with Crippen molar-refractivity contribution in [1.82, 2.24) is 39.5 Å². The Bertz CT molecular complexity index is 1530. The van der Waals surface area contributed by atoms with E-state index in [-0.39, 0.29) is 11.8 Å². The number of aromatic nitrogens is 8. The number of carbonyl (C=O) groups is 1. The van der Waals surface area contributed by atoms with Crippen molar-refractivity contribution in [1.29, 1.82) is 0 Å². The maximum Gasteiger partial charge on any atom is 0.226 e. The first kappa shape index (κ1) is 21.0. The maximum absolute atomic E-state index is 12.7. The molecule has 5 aromatic rings. The molecule has 1 aliphatic rings. The van der Waals surface area contributed by atoms with Crippen LogP contribution in [0.2, 0.25) is 0 Å². The molecular formula is C24H23N9O2. The SMILES string of the molecule is Cc1nn(-c2ncnc3nc[nH]c23)c2c1[C@H](c1ccc(OCCn3nccc3C)cc1)CC(=O)N2. The summed E-state index contributed by atoms with van der Waals surface area (Å²) in [4.78, 5) is 28.6. The van der Waals surface area contributed by atoms with Crippen molar-refractivity contribution >= 4 is 22.9 Å². The highest BCUT2D eigenvalue weighted by atomic mass is 16.5. The summed E-state index contributed by atoms with van der Waals surface area (Å²) in [5.41, 5.74) is 5.11. The predicted molar refractivity (Wildman–Crippen MR) is 128 cm³/mol. The molecule has 0 saturated carbocycles. The molecule has 1 amide bonds. The number of imidazole rings is 1. The Balaban J connectivity index is 1.28. The molecule has 5 heterocycles. The molecule has 11 nitrogen and oxygen atoms in total. The molecule has 0 radical (unpaired) electrons. The third-order valence-electron chi connectivity index (χ3n) is 6.29. The van der Waals surface area contributed by atoms with E-state index in [1.807, 2.05) is 48.9 Å². The van der Waals surface area contributed by atoms with Crippen molar-refractivity contribution in [3.8, 4) is 11.6 Å². The fraction of sp³-hybridized carbons (Fsp3) is 0.250. The Morgan fingerprint density at radius 1 is 1.11 bits per heavy atom. The van der Waals surface area contributed by atoms with Gasteiger partial charge in [0.15, 0.2) is 11.5 Å². The molecule has 4 aromatic heterocycles. The van der Waals surface area contributed by atoms with Crippen LogP contribution in [0.1, 0.15) is 34.9 Å². The number of aromatic amines is 1. The van der Waals surface area contributed by atoms with Gasteiger partial charge in [0.2, 0.25) is 5.91 Å². The van der Waals surface area contributed by atoms with Crippen LogP contribution in [0.15, 0.2) is 49.2 Å². The second-order valence-corrected chi connectivity index (χ2v) is 8.48. The Kier molecular flexibility index (Phi) is 5.02. The Morgan fingerprint density at radius 3 is 2.77 bits per heavy atom. The highest BCUT2D eigenvalue weighted by Crippen LogP contribution is 2.40. The number of nitrogens with zero attached hydrogens (tertiary/aromatic N) is 7. The van der Waals surface area contributed by atoms with Crippen molar-refractivity contribution in [2.24, 2.45) is 0 Å². The third-order valence-corrected chi connectivity index (χ3v) is 6.29. The summed E-state index contributed by atoms with van der Waals surface area (Å²) in [6, 6.07) is 9.87. The van der Waals surface area contributed by atoms with E-state index in [0.717, 1.165) is 28.3 Å². The van der Waals surface area contributed by atoms with Gasteiger partial charge in [-0.25, -0.2) is 15.0 Å². The molecular weight excluding hydrogens is 446 g/mol. The predicted octanol–water partition coefficient (Wildman–Crippen LogP) is 2.91. The Morgan fingerprint density at radius 2 is 1.97 bits per heavy atom. The van der Waals surface area contributed by atoms with Crippen molar-refractivity contribution in [3.63, 3.8) is 0 Å². The van der Waals surface area contributed by atoms with E-state index in [2.05, 4.69) is 30.4 Å². The molecule has 2 N–H and O–H groups in total. The number of hydrogen-bond acceptors (Lipinski definition) is 7. The van der Waals surface area contributed by atoms with Gasteiger partial charge in [0, 0.05) is 29.8 Å². The highest BCUT2D eigenvalue weighted by molar-refractivity contribution is 5.95. The lowest BCUT2D eigenvalue weighted by atomic mass is 9.86. The zero-order valence-electron chi connectivity index (χ0n) is 19.3. The maximum atomic E-state index is 12.7. The summed E-state index contributed by atoms with van der Waals surface area (Å²) < 4.78 is 9.47. The van der Waals surface area contributed by atoms with Crippen molar-refractivity contribution in [2.45, 2.75) is 32.7 Å². The number of aryl methyl sites for hydroxylation is 2. The zero-order chi connectivity index (χ0) is 23.9. The molecule has 1 atom stereocenters. The zero-order valence-corrected chi connectivity index (χ0v) is 19.3. The average Bonchev–Trinajstić information content (AvgIpc) is 3.58. The van der Waals surface area contributed by atoms with E-state index < -0.39 is 0 Å². The van der Waals surface area contributed by atoms with E-state index in [1.165, 1.54) is 6.33 Å². The summed E-state index contributed by atoms with van der Waals surface area (Å²) >= 11 is 0. The van der Waals surface area contributed by atoms with E-state index >= 15 is 0 Å². The van der Waals surface area contributed by atoms with Gasteiger partial charge in [0.1, 0.15) is 30.0 Å². The van der Waals surface area contributed by atoms with E-state index in [9.17, 15) is 4.79 Å². The smallest absolute Gasteiger partial charge is 0.226 e. The van der Waals surface area contributed by atoms with Crippen LogP contribution in [0.25, 0.3) is 17.0 Å². The van der Waals surface area contributed by atoms with Crippen molar-refractivity contribution < 1.29 is 9.53 Å². The van der Waals surface area contributed by atoms with Crippen LogP contribution in [0, 0.1) is 13.8 Å². The van der Waals surface area contributed by atoms with Crippen LogP contribution < -0.4 is 10.1 Å². The molecule has 0 saturated heterocycles. The average molecular weight is 470 g/mol. The number of fused-ring (bicyclic) bond motifs is 2. The van der Waals surface area contributed by atoms with Gasteiger partial charge in [0.25, 0.3) is 0 Å². The summed E-state index contributed by atoms with van der Waals surface area (Å²) in [7, 11) is 0. The largest absolute Gasteiger partial charge is 0.492 e. The molecule has 0 bridgehead atoms. The number of anilines is 1. The minimum atomic E-state index is -0.132. The lowest BCUT2D eigenvalue weighted by Gasteiger charge is -2.24. The standard InChI is InChI=1S/C24H23N9O2/c1-14-7-8-29-32(14)9-10-35-17-5-3-16(4-6-17)18-11-19(34)30-23-20(18)15(2)31-33(23)24-21-22(26-12-25-21)27-13-28-24/h3-8,12-13,18H,9-11H2,1-2H3,(H,30,34)(H,25,26,27,28)/t18-/m0/s1. The number of nitrogens with one attached hydrogen (secondary N) is 2. The van der Waals surface area contributed by atoms with E-state index in [1.54, 1.807) is 17.2 Å². The second-order valence-electron chi connectivity index (χ2n) is 8.48. The topological polar surface area (TPSA) is 128 Å². The molecule has 0 spiro atoms. The van der Waals surface area contributed by atoms with E-state index in [4.69, 9.17) is 9.84 Å². The monoisotopic (exact) mass is 469 g/mol. The van der Waals surface area contributed by atoms with Gasteiger partial charge in [0.05, 0.1) is 18.6 Å². The van der Waals surface area contributed by atoms with Gasteiger partial charge in [-0.3, -0.25) is 9.48 Å². The van der Waals surface area contributed by atoms with Gasteiger partial charge < -0.3 is 15.0 Å². The number of H-pyrrole nitrogens is 1. The summed E-state index contributed by atoms with van der Waals surface area (Å²) in [6.07, 6.45) is 5.12. The quantitative estimate of drug-likeness (QED) is 0.391. The highest BCUT2D eigenvalue weighted by Gasteiger charge is 2.33. The number of amides is 1. The molecule has 176 valence electrons. The van der Waals surface area contributed by atoms with E-state index in [0.29, 0.717) is 42.4 Å². The summed E-state index contributed by atoms with van der Waals surface area (Å²) in [6.45, 7) is 5.16. The molecule has 11 heteroatoms. The lowest BCUT2D eigenvalue weighted by molar-refractivity contribution is -0.116. The molecule has 0 fully saturated rings. The number of benzene rings is 1. The van der Waals surface area contributed by atoms with Gasteiger partial charge in [-0.2, -0.15) is 14.9 Å². The van der Waals surface area contributed by atoms with Crippen LogP contribution in [0.3, 0.4) is 0 Å². The molecule has 0 unspecified atom stereocenters. The first-order chi connectivity index (χ1) is 17.1. The van der Waals surface area contributed by atoms with Crippen LogP contribution in [0.5, 0.6) is 5.75 Å². The van der Waals surface area contributed by atoms with Crippen molar-refractivity contribution in [3.05, 3.63) is 71.7 Å².